The largest absolute Gasteiger partial charge is 0.497 e. The number of benzene rings is 3. The van der Waals surface area contributed by atoms with Gasteiger partial charge < -0.3 is 10.1 Å². The van der Waals surface area contributed by atoms with Crippen molar-refractivity contribution in [2.45, 2.75) is 17.7 Å². The van der Waals surface area contributed by atoms with Crippen LogP contribution in [0.5, 0.6) is 5.75 Å². The third-order valence-corrected chi connectivity index (χ3v) is 7.33. The molecule has 3 aromatic rings. The topological polar surface area (TPSA) is 75.7 Å². The van der Waals surface area contributed by atoms with Crippen molar-refractivity contribution < 1.29 is 17.9 Å². The number of carbonyl (C=O) groups excluding carboxylic acids is 1. The number of nitrogens with one attached hydrogen (secondary N) is 1. The molecule has 0 radical (unpaired) electrons. The van der Waals surface area contributed by atoms with Gasteiger partial charge in [-0.1, -0.05) is 47.5 Å². The van der Waals surface area contributed by atoms with Crippen LogP contribution in [0.1, 0.15) is 12.0 Å². The van der Waals surface area contributed by atoms with Crippen LogP contribution in [0.3, 0.4) is 0 Å². The highest BCUT2D eigenvalue weighted by atomic mass is 35.5. The Kier molecular flexibility index (Phi) is 8.61. The minimum Gasteiger partial charge on any atom is -0.497 e. The number of methoxy groups -OCH3 is 1. The number of hydrogen-bond donors (Lipinski definition) is 1. The number of ether oxygens (including phenoxy) is 1. The van der Waals surface area contributed by atoms with Gasteiger partial charge in [0.2, 0.25) is 5.91 Å². The predicted octanol–water partition coefficient (Wildman–Crippen LogP) is 4.95. The van der Waals surface area contributed by atoms with E-state index in [1.807, 2.05) is 24.3 Å². The fraction of sp³-hybridized carbons (Fsp3) is 0.208. The van der Waals surface area contributed by atoms with E-state index in [-0.39, 0.29) is 11.4 Å². The van der Waals surface area contributed by atoms with Crippen molar-refractivity contribution in [3.8, 4) is 5.75 Å². The lowest BCUT2D eigenvalue weighted by Crippen LogP contribution is -2.41. The maximum Gasteiger partial charge on any atom is 0.264 e. The lowest BCUT2D eigenvalue weighted by molar-refractivity contribution is -0.119. The van der Waals surface area contributed by atoms with E-state index in [2.05, 4.69) is 5.32 Å². The molecular formula is C24H24Cl2N2O4S. The number of amides is 1. The van der Waals surface area contributed by atoms with Crippen molar-refractivity contribution in [2.75, 3.05) is 24.5 Å². The third kappa shape index (κ3) is 6.63. The van der Waals surface area contributed by atoms with Crippen molar-refractivity contribution in [3.63, 3.8) is 0 Å². The first-order chi connectivity index (χ1) is 15.8. The Balaban J connectivity index is 1.73. The molecule has 0 spiro atoms. The standard InChI is InChI=1S/C24H24Cl2N2O4S/c1-32-21-11-13-22(14-12-21)33(30,31)28(20-9-4-8-19(25)16-20)17-24(29)27-15-5-7-18-6-2-3-10-23(18)26/h2-4,6,8-14,16H,5,7,15,17H2,1H3,(H,27,29). The number of carbonyl (C=O) groups is 1. The second kappa shape index (κ2) is 11.4. The monoisotopic (exact) mass is 506 g/mol. The SMILES string of the molecule is COc1ccc(S(=O)(=O)N(CC(=O)NCCCc2ccccc2Cl)c2cccc(Cl)c2)cc1. The molecule has 0 aliphatic rings. The van der Waals surface area contributed by atoms with Crippen LogP contribution in [0, 0.1) is 0 Å². The number of nitrogens with zero attached hydrogens (tertiary/aromatic N) is 1. The van der Waals surface area contributed by atoms with Gasteiger partial charge in [-0.2, -0.15) is 0 Å². The van der Waals surface area contributed by atoms with Gasteiger partial charge in [0.1, 0.15) is 12.3 Å². The van der Waals surface area contributed by atoms with Gasteiger partial charge >= 0.3 is 0 Å². The number of halogens is 2. The smallest absolute Gasteiger partial charge is 0.264 e. The summed E-state index contributed by atoms with van der Waals surface area (Å²) in [6.45, 7) is -0.00315. The average Bonchev–Trinajstić information content (AvgIpc) is 2.81. The number of sulfonamides is 1. The highest BCUT2D eigenvalue weighted by Gasteiger charge is 2.27. The average molecular weight is 507 g/mol. The Hall–Kier alpha value is -2.74. The summed E-state index contributed by atoms with van der Waals surface area (Å²) in [5.41, 5.74) is 1.29. The Morgan fingerprint density at radius 1 is 1.00 bits per heavy atom. The summed E-state index contributed by atoms with van der Waals surface area (Å²) in [7, 11) is -2.53. The summed E-state index contributed by atoms with van der Waals surface area (Å²) < 4.78 is 32.9. The van der Waals surface area contributed by atoms with Gasteiger partial charge in [0, 0.05) is 16.6 Å². The van der Waals surface area contributed by atoms with Gasteiger partial charge in [0.15, 0.2) is 0 Å². The van der Waals surface area contributed by atoms with Crippen LogP contribution in [-0.2, 0) is 21.2 Å². The van der Waals surface area contributed by atoms with Gasteiger partial charge in [-0.3, -0.25) is 9.10 Å². The van der Waals surface area contributed by atoms with Crippen molar-refractivity contribution in [2.24, 2.45) is 0 Å². The molecule has 6 nitrogen and oxygen atoms in total. The minimum atomic E-state index is -4.03. The number of aryl methyl sites for hydroxylation is 1. The van der Waals surface area contributed by atoms with Gasteiger partial charge in [-0.15, -0.1) is 0 Å². The summed E-state index contributed by atoms with van der Waals surface area (Å²) >= 11 is 12.2. The van der Waals surface area contributed by atoms with Crippen molar-refractivity contribution in [1.29, 1.82) is 0 Å². The van der Waals surface area contributed by atoms with E-state index in [0.717, 1.165) is 9.87 Å². The van der Waals surface area contributed by atoms with Crippen LogP contribution in [-0.4, -0.2) is 34.5 Å². The molecule has 0 heterocycles. The maximum absolute atomic E-state index is 13.4. The van der Waals surface area contributed by atoms with E-state index in [0.29, 0.717) is 40.9 Å². The number of hydrogen-bond acceptors (Lipinski definition) is 4. The molecule has 0 atom stereocenters. The summed E-state index contributed by atoms with van der Waals surface area (Å²) in [6, 6.07) is 19.9. The lowest BCUT2D eigenvalue weighted by atomic mass is 10.1. The highest BCUT2D eigenvalue weighted by Crippen LogP contribution is 2.27. The van der Waals surface area contributed by atoms with E-state index in [9.17, 15) is 13.2 Å². The Bertz CT molecular complexity index is 1200. The van der Waals surface area contributed by atoms with Crippen LogP contribution in [0.15, 0.2) is 77.7 Å². The van der Waals surface area contributed by atoms with Gasteiger partial charge in [0.05, 0.1) is 17.7 Å². The molecule has 174 valence electrons. The Morgan fingerprint density at radius 3 is 2.39 bits per heavy atom. The Labute approximate surface area is 204 Å². The zero-order valence-corrected chi connectivity index (χ0v) is 20.3. The molecule has 0 fully saturated rings. The molecule has 0 aliphatic carbocycles. The van der Waals surface area contributed by atoms with Gasteiger partial charge in [-0.25, -0.2) is 8.42 Å². The summed E-state index contributed by atoms with van der Waals surface area (Å²) in [4.78, 5) is 12.7. The molecule has 33 heavy (non-hydrogen) atoms. The summed E-state index contributed by atoms with van der Waals surface area (Å²) in [6.07, 6.45) is 1.36. The van der Waals surface area contributed by atoms with Crippen LogP contribution in [0.4, 0.5) is 5.69 Å². The maximum atomic E-state index is 13.4. The first kappa shape index (κ1) is 24.9. The van der Waals surface area contributed by atoms with E-state index >= 15 is 0 Å². The second-order valence-corrected chi connectivity index (χ2v) is 9.92. The molecule has 1 N–H and O–H groups in total. The first-order valence-corrected chi connectivity index (χ1v) is 12.4. The normalized spacial score (nSPS) is 11.1. The zero-order valence-electron chi connectivity index (χ0n) is 18.0. The van der Waals surface area contributed by atoms with Crippen molar-refractivity contribution >= 4 is 44.8 Å². The molecule has 3 rings (SSSR count). The molecule has 1 amide bonds. The highest BCUT2D eigenvalue weighted by molar-refractivity contribution is 7.92. The van der Waals surface area contributed by atoms with E-state index in [1.165, 1.54) is 25.3 Å². The molecule has 0 aliphatic heterocycles. The van der Waals surface area contributed by atoms with Gasteiger partial charge in [-0.05, 0) is 66.9 Å². The molecule has 0 unspecified atom stereocenters. The fourth-order valence-electron chi connectivity index (χ4n) is 3.22. The van der Waals surface area contributed by atoms with Crippen LogP contribution in [0.25, 0.3) is 0 Å². The molecule has 0 saturated heterocycles. The zero-order chi connectivity index (χ0) is 23.8. The molecule has 9 heteroatoms. The second-order valence-electron chi connectivity index (χ2n) is 7.21. The molecule has 0 saturated carbocycles. The van der Waals surface area contributed by atoms with Gasteiger partial charge in [0.25, 0.3) is 10.0 Å². The van der Waals surface area contributed by atoms with E-state index < -0.39 is 15.9 Å². The van der Waals surface area contributed by atoms with Crippen molar-refractivity contribution in [1.82, 2.24) is 5.32 Å². The lowest BCUT2D eigenvalue weighted by Gasteiger charge is -2.24. The van der Waals surface area contributed by atoms with Crippen LogP contribution >= 0.6 is 23.2 Å². The van der Waals surface area contributed by atoms with Crippen molar-refractivity contribution in [3.05, 3.63) is 88.4 Å². The quantitative estimate of drug-likeness (QED) is 0.394. The Morgan fingerprint density at radius 2 is 1.73 bits per heavy atom. The predicted molar refractivity (Wildman–Crippen MR) is 132 cm³/mol. The molecule has 3 aromatic carbocycles. The number of rotatable bonds is 10. The minimum absolute atomic E-state index is 0.0368. The molecular weight excluding hydrogens is 483 g/mol. The van der Waals surface area contributed by atoms with E-state index in [1.54, 1.807) is 30.3 Å². The number of anilines is 1. The summed E-state index contributed by atoms with van der Waals surface area (Å²) in [5.74, 6) is 0.103. The molecule has 0 aromatic heterocycles. The fourth-order valence-corrected chi connectivity index (χ4v) is 5.04. The molecule has 0 bridgehead atoms. The third-order valence-electron chi connectivity index (χ3n) is 4.93. The van der Waals surface area contributed by atoms with Crippen LogP contribution in [0.2, 0.25) is 10.0 Å². The summed E-state index contributed by atoms with van der Waals surface area (Å²) in [5, 5.41) is 3.83. The van der Waals surface area contributed by atoms with Crippen LogP contribution < -0.4 is 14.4 Å². The van der Waals surface area contributed by atoms with E-state index in [4.69, 9.17) is 27.9 Å². The first-order valence-electron chi connectivity index (χ1n) is 10.2.